The van der Waals surface area contributed by atoms with E-state index in [4.69, 9.17) is 15.3 Å². The van der Waals surface area contributed by atoms with Gasteiger partial charge in [0.05, 0.1) is 6.42 Å². The molecule has 0 aromatic carbocycles. The van der Waals surface area contributed by atoms with Crippen LogP contribution in [0.25, 0.3) is 0 Å². The van der Waals surface area contributed by atoms with E-state index in [1.165, 1.54) is 0 Å². The van der Waals surface area contributed by atoms with E-state index in [-0.39, 0.29) is 0 Å². The third kappa shape index (κ3) is 1.29. The highest BCUT2D eigenvalue weighted by atomic mass is 16.6. The first-order valence-corrected chi connectivity index (χ1v) is 3.83. The number of ether oxygens (including phenoxy) is 1. The molecule has 0 amide bonds. The Morgan fingerprint density at radius 2 is 1.50 bits per heavy atom. The molecule has 0 saturated carbocycles. The predicted octanol–water partition coefficient (Wildman–Crippen LogP) is -2.34. The third-order valence-corrected chi connectivity index (χ3v) is 2.15. The molecule has 1 heterocycles. The maximum absolute atomic E-state index is 11.0. The number of hydrogen-bond donors (Lipinski definition) is 4. The molecule has 0 aromatic heterocycles. The molecule has 0 spiro atoms. The summed E-state index contributed by atoms with van der Waals surface area (Å²) in [6.45, 7) is 0. The Morgan fingerprint density at radius 1 is 1.06 bits per heavy atom. The normalized spacial score (nSPS) is 27.2. The van der Waals surface area contributed by atoms with Crippen LogP contribution in [0.2, 0.25) is 0 Å². The van der Waals surface area contributed by atoms with E-state index in [9.17, 15) is 24.3 Å². The van der Waals surface area contributed by atoms with E-state index in [0.717, 1.165) is 0 Å². The fraction of sp³-hybridized carbons (Fsp3) is 0.429. The van der Waals surface area contributed by atoms with Crippen molar-refractivity contribution in [1.29, 1.82) is 0 Å². The quantitative estimate of drug-likeness (QED) is 0.310. The van der Waals surface area contributed by atoms with Crippen molar-refractivity contribution in [3.63, 3.8) is 0 Å². The van der Waals surface area contributed by atoms with Crippen LogP contribution in [0, 0.1) is 0 Å². The number of aliphatic hydroxyl groups is 1. The largest absolute Gasteiger partial charge is 0.479 e. The van der Waals surface area contributed by atoms with Crippen molar-refractivity contribution in [3.8, 4) is 0 Å². The molecule has 1 fully saturated rings. The molecule has 0 radical (unpaired) electrons. The van der Waals surface area contributed by atoms with E-state index in [1.807, 2.05) is 0 Å². The monoisotopic (exact) mass is 234 g/mol. The van der Waals surface area contributed by atoms with Gasteiger partial charge in [-0.05, 0) is 0 Å². The van der Waals surface area contributed by atoms with E-state index in [1.54, 1.807) is 0 Å². The molecular weight excluding hydrogens is 228 g/mol. The number of carboxylic acids is 3. The Bertz CT molecular complexity index is 383. The van der Waals surface area contributed by atoms with Crippen LogP contribution in [0.15, 0.2) is 0 Å². The fourth-order valence-corrected chi connectivity index (χ4v) is 1.20. The van der Waals surface area contributed by atoms with Crippen molar-refractivity contribution >= 4 is 23.9 Å². The zero-order valence-electron chi connectivity index (χ0n) is 7.54. The number of carboxylic acid groups (broad SMARTS) is 3. The second-order valence-corrected chi connectivity index (χ2v) is 3.17. The number of cyclic esters (lactones) is 1. The molecule has 88 valence electrons. The van der Waals surface area contributed by atoms with Gasteiger partial charge >= 0.3 is 29.5 Å². The molecule has 16 heavy (non-hydrogen) atoms. The molecule has 1 unspecified atom stereocenters. The Hall–Kier alpha value is -2.16. The van der Waals surface area contributed by atoms with Gasteiger partial charge in [0.15, 0.2) is 0 Å². The highest BCUT2D eigenvalue weighted by Crippen LogP contribution is 2.35. The zero-order chi connectivity index (χ0) is 12.7. The average molecular weight is 234 g/mol. The molecule has 1 aliphatic rings. The molecule has 9 nitrogen and oxygen atoms in total. The van der Waals surface area contributed by atoms with Crippen molar-refractivity contribution in [2.24, 2.45) is 0 Å². The lowest BCUT2D eigenvalue weighted by Crippen LogP contribution is -2.49. The first-order valence-electron chi connectivity index (χ1n) is 3.83. The summed E-state index contributed by atoms with van der Waals surface area (Å²) in [6.07, 6.45) is -1.39. The standard InChI is InChI=1S/C7H6O9/c8-2(9)6(15)1-7(3(10)11,4(12)13)16-5(6)14/h15H,1H2,(H,8,9)(H,10,11)(H,12,13). The van der Waals surface area contributed by atoms with Crippen molar-refractivity contribution in [2.45, 2.75) is 17.6 Å². The Morgan fingerprint density at radius 3 is 1.69 bits per heavy atom. The summed E-state index contributed by atoms with van der Waals surface area (Å²) in [4.78, 5) is 42.8. The Kier molecular flexibility index (Phi) is 2.36. The van der Waals surface area contributed by atoms with Gasteiger partial charge < -0.3 is 25.2 Å². The van der Waals surface area contributed by atoms with Crippen LogP contribution in [0.1, 0.15) is 6.42 Å². The van der Waals surface area contributed by atoms with Crippen LogP contribution in [0.4, 0.5) is 0 Å². The highest BCUT2D eigenvalue weighted by molar-refractivity contribution is 6.13. The average Bonchev–Trinajstić information content (AvgIpc) is 2.42. The summed E-state index contributed by atoms with van der Waals surface area (Å²) in [5, 5.41) is 35.0. The van der Waals surface area contributed by atoms with Crippen LogP contribution in [-0.2, 0) is 23.9 Å². The van der Waals surface area contributed by atoms with Gasteiger partial charge in [-0.3, -0.25) is 0 Å². The number of aliphatic carboxylic acids is 3. The molecule has 4 N–H and O–H groups in total. The number of hydrogen-bond acceptors (Lipinski definition) is 6. The number of carbonyl (C=O) groups is 4. The smallest absolute Gasteiger partial charge is 0.360 e. The summed E-state index contributed by atoms with van der Waals surface area (Å²) in [5.41, 5.74) is -6.22. The lowest BCUT2D eigenvalue weighted by Gasteiger charge is -2.16. The van der Waals surface area contributed by atoms with Crippen molar-refractivity contribution in [1.82, 2.24) is 0 Å². The second-order valence-electron chi connectivity index (χ2n) is 3.17. The predicted molar refractivity (Wildman–Crippen MR) is 41.3 cm³/mol. The van der Waals surface area contributed by atoms with Crippen LogP contribution in [-0.4, -0.2) is 55.5 Å². The van der Waals surface area contributed by atoms with E-state index < -0.39 is 41.5 Å². The third-order valence-electron chi connectivity index (χ3n) is 2.15. The van der Waals surface area contributed by atoms with Crippen molar-refractivity contribution < 1.29 is 44.3 Å². The summed E-state index contributed by atoms with van der Waals surface area (Å²) >= 11 is 0. The van der Waals surface area contributed by atoms with Crippen molar-refractivity contribution in [3.05, 3.63) is 0 Å². The lowest BCUT2D eigenvalue weighted by atomic mass is 9.91. The topological polar surface area (TPSA) is 158 Å². The number of carbonyl (C=O) groups excluding carboxylic acids is 1. The Balaban J connectivity index is 3.25. The molecule has 0 aliphatic carbocycles. The summed E-state index contributed by atoms with van der Waals surface area (Å²) < 4.78 is 3.98. The van der Waals surface area contributed by atoms with E-state index in [0.29, 0.717) is 0 Å². The van der Waals surface area contributed by atoms with Crippen LogP contribution in [0.5, 0.6) is 0 Å². The summed E-state index contributed by atoms with van der Waals surface area (Å²) in [7, 11) is 0. The maximum atomic E-state index is 11.0. The van der Waals surface area contributed by atoms with Gasteiger partial charge in [-0.1, -0.05) is 0 Å². The first-order chi connectivity index (χ1) is 7.17. The number of esters is 1. The van der Waals surface area contributed by atoms with Gasteiger partial charge in [-0.25, -0.2) is 19.2 Å². The zero-order valence-corrected chi connectivity index (χ0v) is 7.54. The molecule has 0 aromatic rings. The summed E-state index contributed by atoms with van der Waals surface area (Å²) in [6, 6.07) is 0. The SMILES string of the molecule is O=C(O)C1(O)CC(C(=O)O)(C(=O)O)OC1=O. The molecule has 0 bridgehead atoms. The van der Waals surface area contributed by atoms with Crippen LogP contribution < -0.4 is 0 Å². The minimum atomic E-state index is -3.16. The van der Waals surface area contributed by atoms with Crippen LogP contribution in [0.3, 0.4) is 0 Å². The molecule has 1 saturated heterocycles. The van der Waals surface area contributed by atoms with E-state index >= 15 is 0 Å². The maximum Gasteiger partial charge on any atom is 0.360 e. The number of rotatable bonds is 3. The molecule has 1 rings (SSSR count). The molecular formula is C7H6O9. The molecule has 9 heteroatoms. The van der Waals surface area contributed by atoms with Crippen LogP contribution >= 0.6 is 0 Å². The highest BCUT2D eigenvalue weighted by Gasteiger charge is 2.68. The lowest BCUT2D eigenvalue weighted by molar-refractivity contribution is -0.184. The first kappa shape index (κ1) is 11.9. The van der Waals surface area contributed by atoms with Gasteiger partial charge in [0.2, 0.25) is 0 Å². The summed E-state index contributed by atoms with van der Waals surface area (Å²) in [5.74, 6) is -8.01. The van der Waals surface area contributed by atoms with Gasteiger partial charge in [0.1, 0.15) is 0 Å². The van der Waals surface area contributed by atoms with Crippen molar-refractivity contribution in [2.75, 3.05) is 0 Å². The minimum Gasteiger partial charge on any atom is -0.479 e. The minimum absolute atomic E-state index is 1.39. The van der Waals surface area contributed by atoms with E-state index in [2.05, 4.69) is 4.74 Å². The van der Waals surface area contributed by atoms with Gasteiger partial charge in [-0.15, -0.1) is 0 Å². The fourth-order valence-electron chi connectivity index (χ4n) is 1.20. The molecule has 1 atom stereocenters. The molecule has 1 aliphatic heterocycles. The van der Waals surface area contributed by atoms with Gasteiger partial charge in [0.25, 0.3) is 5.60 Å². The second kappa shape index (κ2) is 3.17. The van der Waals surface area contributed by atoms with Gasteiger partial charge in [0, 0.05) is 0 Å². The van der Waals surface area contributed by atoms with Gasteiger partial charge in [-0.2, -0.15) is 0 Å². The Labute approximate surface area is 86.9 Å².